The van der Waals surface area contributed by atoms with Crippen LogP contribution in [0.1, 0.15) is 37.4 Å². The minimum absolute atomic E-state index is 0.205. The molecule has 4 aliphatic rings. The SMILES string of the molecule is COC(=O)CN1C(=O)N(CC(=O)OC)C(=O)C2(CC=C3[C@H](CCC4=Cc5c(cnn5-c5ccc(F)cc5)C[C@@]43C)O2)C1=O. The summed E-state index contributed by atoms with van der Waals surface area (Å²) in [5, 5.41) is 4.56. The van der Waals surface area contributed by atoms with Crippen molar-refractivity contribution in [3.05, 3.63) is 64.8 Å². The van der Waals surface area contributed by atoms with Gasteiger partial charge in [-0.25, -0.2) is 23.7 Å². The number of rotatable bonds is 5. The number of fused-ring (bicyclic) bond motifs is 4. The zero-order valence-electron chi connectivity index (χ0n) is 23.8. The highest BCUT2D eigenvalue weighted by atomic mass is 19.1. The summed E-state index contributed by atoms with van der Waals surface area (Å²) in [5.74, 6) is -4.06. The molecule has 6 rings (SSSR count). The van der Waals surface area contributed by atoms with Gasteiger partial charge in [0.1, 0.15) is 18.9 Å². The zero-order chi connectivity index (χ0) is 30.7. The second-order valence-corrected chi connectivity index (χ2v) is 11.2. The van der Waals surface area contributed by atoms with Crippen LogP contribution in [0.3, 0.4) is 0 Å². The summed E-state index contributed by atoms with van der Waals surface area (Å²) in [6.45, 7) is 0.575. The number of esters is 2. The van der Waals surface area contributed by atoms with Crippen molar-refractivity contribution in [3.8, 4) is 5.69 Å². The monoisotopic (exact) mass is 592 g/mol. The number of hydrogen-bond donors (Lipinski definition) is 0. The van der Waals surface area contributed by atoms with Gasteiger partial charge in [0.05, 0.1) is 37.9 Å². The largest absolute Gasteiger partial charge is 0.468 e. The Bertz CT molecular complexity index is 1590. The first kappa shape index (κ1) is 28.5. The molecule has 2 aliphatic heterocycles. The number of aromatic nitrogens is 2. The Morgan fingerprint density at radius 2 is 1.67 bits per heavy atom. The van der Waals surface area contributed by atoms with Gasteiger partial charge in [0.25, 0.3) is 11.8 Å². The Balaban J connectivity index is 1.35. The molecule has 4 amide bonds. The fraction of sp³-hybridized carbons (Fsp3) is 0.400. The van der Waals surface area contributed by atoms with Gasteiger partial charge in [-0.15, -0.1) is 0 Å². The van der Waals surface area contributed by atoms with Gasteiger partial charge in [-0.05, 0) is 60.7 Å². The number of benzene rings is 1. The second kappa shape index (κ2) is 10.3. The number of allylic oxidation sites excluding steroid dienone is 1. The molecule has 0 radical (unpaired) electrons. The first-order valence-electron chi connectivity index (χ1n) is 13.8. The summed E-state index contributed by atoms with van der Waals surface area (Å²) in [6.07, 6.45) is 6.44. The normalized spacial score (nSPS) is 24.1. The van der Waals surface area contributed by atoms with Crippen LogP contribution in [-0.2, 0) is 39.8 Å². The molecule has 0 unspecified atom stereocenters. The van der Waals surface area contributed by atoms with Crippen molar-refractivity contribution < 1.29 is 42.6 Å². The molecule has 1 saturated heterocycles. The zero-order valence-corrected chi connectivity index (χ0v) is 23.8. The Morgan fingerprint density at radius 1 is 1.05 bits per heavy atom. The van der Waals surface area contributed by atoms with Gasteiger partial charge in [-0.2, -0.15) is 5.10 Å². The number of barbiturate groups is 1. The van der Waals surface area contributed by atoms with E-state index in [1.807, 2.05) is 6.08 Å². The van der Waals surface area contributed by atoms with Gasteiger partial charge < -0.3 is 14.2 Å². The quantitative estimate of drug-likeness (QED) is 0.291. The fourth-order valence-electron chi connectivity index (χ4n) is 6.53. The highest BCUT2D eigenvalue weighted by molar-refractivity contribution is 6.23. The summed E-state index contributed by atoms with van der Waals surface area (Å²) < 4.78 is 31.0. The standard InChI is InChI=1S/C30H29FN4O8/c1-29-13-17-14-32-35(20-7-5-19(31)6-8-20)22(17)12-18(29)4-9-23-21(29)10-11-30(43-23)26(38)33(15-24(36)41-2)28(40)34(27(30)39)16-25(37)42-3/h5-8,10,12,14,23H,4,9,11,13,15-16H2,1-3H3/t23-,29-/m0/s1. The van der Waals surface area contributed by atoms with Crippen LogP contribution in [-0.4, -0.2) is 88.4 Å². The summed E-state index contributed by atoms with van der Waals surface area (Å²) >= 11 is 0. The third-order valence-corrected chi connectivity index (χ3v) is 8.81. The molecule has 1 spiro atoms. The first-order chi connectivity index (χ1) is 20.5. The smallest absolute Gasteiger partial charge is 0.334 e. The average molecular weight is 593 g/mol. The van der Waals surface area contributed by atoms with E-state index in [0.717, 1.165) is 42.3 Å². The molecule has 13 heteroatoms. The Labute approximate surface area is 245 Å². The van der Waals surface area contributed by atoms with E-state index in [1.54, 1.807) is 23.0 Å². The van der Waals surface area contributed by atoms with Crippen LogP contribution in [0, 0.1) is 11.2 Å². The molecule has 3 heterocycles. The van der Waals surface area contributed by atoms with Crippen LogP contribution >= 0.6 is 0 Å². The number of imide groups is 2. The number of carbonyl (C=O) groups is 5. The Hall–Kier alpha value is -4.65. The van der Waals surface area contributed by atoms with Crippen molar-refractivity contribution in [1.82, 2.24) is 19.6 Å². The van der Waals surface area contributed by atoms with Crippen molar-refractivity contribution in [1.29, 1.82) is 0 Å². The number of carbonyl (C=O) groups excluding carboxylic acids is 5. The minimum atomic E-state index is -2.14. The maximum absolute atomic E-state index is 13.8. The van der Waals surface area contributed by atoms with Crippen LogP contribution in [0.15, 0.2) is 47.7 Å². The minimum Gasteiger partial charge on any atom is -0.468 e. The van der Waals surface area contributed by atoms with Crippen molar-refractivity contribution in [2.75, 3.05) is 27.3 Å². The molecule has 2 aliphatic carbocycles. The van der Waals surface area contributed by atoms with E-state index in [9.17, 15) is 28.4 Å². The molecular weight excluding hydrogens is 563 g/mol. The third-order valence-electron chi connectivity index (χ3n) is 8.81. The lowest BCUT2D eigenvalue weighted by molar-refractivity contribution is -0.188. The summed E-state index contributed by atoms with van der Waals surface area (Å²) in [6, 6.07) is 4.97. The number of urea groups is 1. The molecule has 43 heavy (non-hydrogen) atoms. The van der Waals surface area contributed by atoms with Crippen LogP contribution in [0.2, 0.25) is 0 Å². The van der Waals surface area contributed by atoms with E-state index in [-0.39, 0.29) is 12.2 Å². The molecule has 12 nitrogen and oxygen atoms in total. The molecule has 1 aromatic carbocycles. The maximum atomic E-state index is 13.8. The lowest BCUT2D eigenvalue weighted by Crippen LogP contribution is -2.72. The summed E-state index contributed by atoms with van der Waals surface area (Å²) in [5.41, 5.74) is 1.99. The van der Waals surface area contributed by atoms with Crippen molar-refractivity contribution in [2.45, 2.75) is 44.3 Å². The van der Waals surface area contributed by atoms with Crippen LogP contribution in [0.5, 0.6) is 0 Å². The summed E-state index contributed by atoms with van der Waals surface area (Å²) in [4.78, 5) is 66.0. The van der Waals surface area contributed by atoms with Gasteiger partial charge >= 0.3 is 18.0 Å². The van der Waals surface area contributed by atoms with E-state index >= 15 is 0 Å². The Morgan fingerprint density at radius 3 is 2.28 bits per heavy atom. The number of methoxy groups -OCH3 is 2. The fourth-order valence-corrected chi connectivity index (χ4v) is 6.53. The van der Waals surface area contributed by atoms with Crippen LogP contribution in [0.25, 0.3) is 11.8 Å². The number of nitrogens with zero attached hydrogens (tertiary/aromatic N) is 4. The molecule has 1 aromatic heterocycles. The summed E-state index contributed by atoms with van der Waals surface area (Å²) in [7, 11) is 2.21. The molecule has 2 fully saturated rings. The number of amides is 4. The number of hydrogen-bond acceptors (Lipinski definition) is 9. The second-order valence-electron chi connectivity index (χ2n) is 11.2. The van der Waals surface area contributed by atoms with E-state index in [1.165, 1.54) is 12.1 Å². The molecular formula is C30H29FN4O8. The highest BCUT2D eigenvalue weighted by Crippen LogP contribution is 2.54. The van der Waals surface area contributed by atoms with E-state index < -0.39 is 60.0 Å². The van der Waals surface area contributed by atoms with Gasteiger partial charge in [0, 0.05) is 11.8 Å². The lowest BCUT2D eigenvalue weighted by Gasteiger charge is -2.51. The molecule has 2 aromatic rings. The number of ether oxygens (including phenoxy) is 3. The van der Waals surface area contributed by atoms with E-state index in [4.69, 9.17) is 4.74 Å². The third kappa shape index (κ3) is 4.37. The van der Waals surface area contributed by atoms with Crippen molar-refractivity contribution >= 4 is 35.9 Å². The predicted octanol–water partition coefficient (Wildman–Crippen LogP) is 2.34. The molecule has 1 saturated carbocycles. The first-order valence-corrected chi connectivity index (χ1v) is 13.8. The molecule has 0 N–H and O–H groups in total. The highest BCUT2D eigenvalue weighted by Gasteiger charge is 2.62. The topological polar surface area (TPSA) is 137 Å². The van der Waals surface area contributed by atoms with Crippen LogP contribution < -0.4 is 0 Å². The molecule has 224 valence electrons. The van der Waals surface area contributed by atoms with E-state index in [0.29, 0.717) is 29.1 Å². The number of halogens is 1. The van der Waals surface area contributed by atoms with Gasteiger partial charge in [0.15, 0.2) is 0 Å². The van der Waals surface area contributed by atoms with Crippen molar-refractivity contribution in [3.63, 3.8) is 0 Å². The van der Waals surface area contributed by atoms with Gasteiger partial charge in [-0.3, -0.25) is 19.2 Å². The average Bonchev–Trinajstić information content (AvgIpc) is 3.41. The van der Waals surface area contributed by atoms with E-state index in [2.05, 4.69) is 27.6 Å². The predicted molar refractivity (Wildman–Crippen MR) is 146 cm³/mol. The maximum Gasteiger partial charge on any atom is 0.334 e. The van der Waals surface area contributed by atoms with Crippen molar-refractivity contribution in [2.24, 2.45) is 5.41 Å². The Kier molecular flexibility index (Phi) is 6.79. The van der Waals surface area contributed by atoms with Gasteiger partial charge in [0.2, 0.25) is 5.60 Å². The molecule has 0 bridgehead atoms. The van der Waals surface area contributed by atoms with Gasteiger partial charge in [-0.1, -0.05) is 18.6 Å². The van der Waals surface area contributed by atoms with Crippen LogP contribution in [0.4, 0.5) is 9.18 Å². The lowest BCUT2D eigenvalue weighted by atomic mass is 9.60. The molecule has 2 atom stereocenters.